The molecule has 0 spiro atoms. The van der Waals surface area contributed by atoms with Gasteiger partial charge in [-0.2, -0.15) is 0 Å². The molecule has 0 radical (unpaired) electrons. The molecule has 2 aromatic heterocycles. The number of H-pyrrole nitrogens is 1. The number of carbonyl (C=O) groups excluding carboxylic acids is 1. The highest BCUT2D eigenvalue weighted by Crippen LogP contribution is 2.29. The Bertz CT molecular complexity index is 1110. The van der Waals surface area contributed by atoms with Crippen molar-refractivity contribution in [3.63, 3.8) is 0 Å². The molecule has 2 heterocycles. The van der Waals surface area contributed by atoms with Crippen molar-refractivity contribution in [2.75, 3.05) is 19.0 Å². The standard InChI is InChI=1S/C21H19N3O2/c1-3-26-21(25)15-8-4-6-13(10-15)18-12-16-11-14-7-5-9-17(22-2)19(14)24-20(16)23-18/h4-12,22H,3H2,1-2H3,(H,23,24). The number of fused-ring (bicyclic) bond motifs is 2. The number of benzene rings is 2. The van der Waals surface area contributed by atoms with Crippen LogP contribution in [-0.4, -0.2) is 29.6 Å². The number of pyridine rings is 1. The van der Waals surface area contributed by atoms with Gasteiger partial charge in [0, 0.05) is 23.5 Å². The van der Waals surface area contributed by atoms with Crippen LogP contribution in [0.3, 0.4) is 0 Å². The first-order valence-electron chi connectivity index (χ1n) is 8.57. The molecule has 0 aliphatic carbocycles. The van der Waals surface area contributed by atoms with E-state index in [-0.39, 0.29) is 5.97 Å². The molecule has 0 atom stereocenters. The van der Waals surface area contributed by atoms with Crippen molar-refractivity contribution in [2.45, 2.75) is 6.92 Å². The Kier molecular flexibility index (Phi) is 4.05. The first kappa shape index (κ1) is 16.1. The van der Waals surface area contributed by atoms with Gasteiger partial charge in [0.2, 0.25) is 0 Å². The molecule has 4 aromatic rings. The Morgan fingerprint density at radius 2 is 1.96 bits per heavy atom. The van der Waals surface area contributed by atoms with E-state index in [0.717, 1.165) is 38.9 Å². The normalized spacial score (nSPS) is 11.0. The highest BCUT2D eigenvalue weighted by atomic mass is 16.5. The minimum atomic E-state index is -0.312. The van der Waals surface area contributed by atoms with Crippen LogP contribution in [0.2, 0.25) is 0 Å². The Balaban J connectivity index is 1.82. The molecule has 5 nitrogen and oxygen atoms in total. The molecule has 0 amide bonds. The van der Waals surface area contributed by atoms with E-state index in [0.29, 0.717) is 12.2 Å². The summed E-state index contributed by atoms with van der Waals surface area (Å²) in [5.74, 6) is -0.312. The van der Waals surface area contributed by atoms with Gasteiger partial charge in [-0.25, -0.2) is 9.78 Å². The highest BCUT2D eigenvalue weighted by molar-refractivity contribution is 5.99. The lowest BCUT2D eigenvalue weighted by Gasteiger charge is -2.04. The van der Waals surface area contributed by atoms with Crippen molar-refractivity contribution in [1.29, 1.82) is 0 Å². The van der Waals surface area contributed by atoms with Crippen molar-refractivity contribution >= 4 is 33.6 Å². The van der Waals surface area contributed by atoms with Crippen LogP contribution in [0.15, 0.2) is 54.6 Å². The third-order valence-corrected chi connectivity index (χ3v) is 4.38. The van der Waals surface area contributed by atoms with Crippen LogP contribution in [0.5, 0.6) is 0 Å². The number of aromatic amines is 1. The average molecular weight is 345 g/mol. The molecule has 26 heavy (non-hydrogen) atoms. The molecule has 0 unspecified atom stereocenters. The van der Waals surface area contributed by atoms with E-state index >= 15 is 0 Å². The molecule has 0 fully saturated rings. The molecular weight excluding hydrogens is 326 g/mol. The molecule has 0 bridgehead atoms. The van der Waals surface area contributed by atoms with Crippen molar-refractivity contribution in [2.24, 2.45) is 0 Å². The number of carbonyl (C=O) groups is 1. The second kappa shape index (κ2) is 6.52. The van der Waals surface area contributed by atoms with Crippen molar-refractivity contribution in [1.82, 2.24) is 9.97 Å². The Labute approximate surface area is 151 Å². The third-order valence-electron chi connectivity index (χ3n) is 4.38. The van der Waals surface area contributed by atoms with Gasteiger partial charge in [0.05, 0.1) is 23.4 Å². The van der Waals surface area contributed by atoms with Crippen molar-refractivity contribution in [3.8, 4) is 11.3 Å². The van der Waals surface area contributed by atoms with Crippen LogP contribution in [0.1, 0.15) is 17.3 Å². The number of nitrogens with one attached hydrogen (secondary N) is 2. The number of hydrogen-bond acceptors (Lipinski definition) is 4. The van der Waals surface area contributed by atoms with E-state index < -0.39 is 0 Å². The summed E-state index contributed by atoms with van der Waals surface area (Å²) in [6, 6.07) is 17.7. The number of hydrogen-bond donors (Lipinski definition) is 2. The second-order valence-corrected chi connectivity index (χ2v) is 6.04. The maximum absolute atomic E-state index is 12.0. The molecule has 0 saturated heterocycles. The first-order valence-corrected chi connectivity index (χ1v) is 8.57. The lowest BCUT2D eigenvalue weighted by molar-refractivity contribution is 0.0526. The first-order chi connectivity index (χ1) is 12.7. The molecule has 0 aliphatic rings. The zero-order valence-electron chi connectivity index (χ0n) is 14.7. The molecule has 0 saturated carbocycles. The number of para-hydroxylation sites is 1. The fourth-order valence-electron chi connectivity index (χ4n) is 3.13. The lowest BCUT2D eigenvalue weighted by atomic mass is 10.1. The van der Waals surface area contributed by atoms with Crippen LogP contribution in [0, 0.1) is 0 Å². The number of aromatic nitrogens is 2. The van der Waals surface area contributed by atoms with E-state index in [2.05, 4.69) is 28.5 Å². The van der Waals surface area contributed by atoms with E-state index in [4.69, 9.17) is 9.72 Å². The van der Waals surface area contributed by atoms with E-state index in [1.54, 1.807) is 13.0 Å². The predicted octanol–water partition coefficient (Wildman–Crippen LogP) is 4.60. The summed E-state index contributed by atoms with van der Waals surface area (Å²) in [6.07, 6.45) is 0. The smallest absolute Gasteiger partial charge is 0.338 e. The third kappa shape index (κ3) is 2.77. The van der Waals surface area contributed by atoms with Gasteiger partial charge in [-0.1, -0.05) is 24.3 Å². The average Bonchev–Trinajstić information content (AvgIpc) is 3.09. The van der Waals surface area contributed by atoms with Gasteiger partial charge in [0.1, 0.15) is 5.65 Å². The van der Waals surface area contributed by atoms with E-state index in [1.165, 1.54) is 0 Å². The molecule has 5 heteroatoms. The van der Waals surface area contributed by atoms with Gasteiger partial charge in [-0.05, 0) is 42.8 Å². The maximum atomic E-state index is 12.0. The number of esters is 1. The largest absolute Gasteiger partial charge is 0.462 e. The van der Waals surface area contributed by atoms with Crippen LogP contribution >= 0.6 is 0 Å². The van der Waals surface area contributed by atoms with Crippen molar-refractivity contribution < 1.29 is 9.53 Å². The van der Waals surface area contributed by atoms with E-state index in [1.807, 2.05) is 37.4 Å². The van der Waals surface area contributed by atoms with Crippen molar-refractivity contribution in [3.05, 3.63) is 60.2 Å². The van der Waals surface area contributed by atoms with Gasteiger partial charge in [-0.15, -0.1) is 0 Å². The molecule has 0 aliphatic heterocycles. The van der Waals surface area contributed by atoms with Gasteiger partial charge >= 0.3 is 5.97 Å². The van der Waals surface area contributed by atoms with E-state index in [9.17, 15) is 4.79 Å². The fourth-order valence-corrected chi connectivity index (χ4v) is 3.13. The molecule has 2 N–H and O–H groups in total. The van der Waals surface area contributed by atoms with Crippen LogP contribution in [-0.2, 0) is 4.74 Å². The minimum Gasteiger partial charge on any atom is -0.462 e. The SMILES string of the molecule is CCOC(=O)c1cccc(-c2cc3cc4cccc(NC)c4nc3[nH]2)c1. The number of rotatable bonds is 4. The van der Waals surface area contributed by atoms with Gasteiger partial charge in [0.15, 0.2) is 0 Å². The van der Waals surface area contributed by atoms with Gasteiger partial charge < -0.3 is 15.0 Å². The number of nitrogens with zero attached hydrogens (tertiary/aromatic N) is 1. The Hall–Kier alpha value is -3.34. The highest BCUT2D eigenvalue weighted by Gasteiger charge is 2.11. The van der Waals surface area contributed by atoms with Crippen LogP contribution < -0.4 is 5.32 Å². The predicted molar refractivity (Wildman–Crippen MR) is 105 cm³/mol. The molecule has 130 valence electrons. The topological polar surface area (TPSA) is 67.0 Å². The Morgan fingerprint density at radius 1 is 1.12 bits per heavy atom. The summed E-state index contributed by atoms with van der Waals surface area (Å²) in [4.78, 5) is 20.1. The number of ether oxygens (including phenoxy) is 1. The summed E-state index contributed by atoms with van der Waals surface area (Å²) in [5, 5.41) is 5.29. The zero-order valence-corrected chi connectivity index (χ0v) is 14.7. The van der Waals surface area contributed by atoms with Gasteiger partial charge in [0.25, 0.3) is 0 Å². The summed E-state index contributed by atoms with van der Waals surface area (Å²) in [6.45, 7) is 2.16. The zero-order chi connectivity index (χ0) is 18.1. The van der Waals surface area contributed by atoms with Gasteiger partial charge in [-0.3, -0.25) is 0 Å². The lowest BCUT2D eigenvalue weighted by Crippen LogP contribution is -2.04. The van der Waals surface area contributed by atoms with Crippen LogP contribution in [0.25, 0.3) is 33.2 Å². The quantitative estimate of drug-likeness (QED) is 0.530. The monoisotopic (exact) mass is 345 g/mol. The minimum absolute atomic E-state index is 0.312. The fraction of sp³-hybridized carbons (Fsp3) is 0.143. The molecular formula is C21H19N3O2. The maximum Gasteiger partial charge on any atom is 0.338 e. The summed E-state index contributed by atoms with van der Waals surface area (Å²) < 4.78 is 5.09. The molecule has 2 aromatic carbocycles. The second-order valence-electron chi connectivity index (χ2n) is 6.04. The Morgan fingerprint density at radius 3 is 2.77 bits per heavy atom. The summed E-state index contributed by atoms with van der Waals surface area (Å²) >= 11 is 0. The van der Waals surface area contributed by atoms with Crippen LogP contribution in [0.4, 0.5) is 5.69 Å². The summed E-state index contributed by atoms with van der Waals surface area (Å²) in [5.41, 5.74) is 5.11. The summed E-state index contributed by atoms with van der Waals surface area (Å²) in [7, 11) is 1.89. The molecule has 4 rings (SSSR count). The number of anilines is 1.